The summed E-state index contributed by atoms with van der Waals surface area (Å²) in [6.07, 6.45) is 0.396. The maximum Gasteiger partial charge on any atom is 0.309 e. The zero-order chi connectivity index (χ0) is 11.4. The molecule has 0 saturated carbocycles. The van der Waals surface area contributed by atoms with Crippen molar-refractivity contribution in [1.29, 1.82) is 0 Å². The highest BCUT2D eigenvalue weighted by molar-refractivity contribution is 7.12. The topological polar surface area (TPSA) is 57.5 Å². The zero-order valence-electron chi connectivity index (χ0n) is 8.93. The number of carboxylic acids is 1. The Morgan fingerprint density at radius 1 is 1.53 bits per heavy atom. The Morgan fingerprint density at radius 3 is 2.60 bits per heavy atom. The number of aliphatic hydroxyl groups excluding tert-OH is 1. The summed E-state index contributed by atoms with van der Waals surface area (Å²) in [5, 5.41) is 18.9. The molecule has 84 valence electrons. The van der Waals surface area contributed by atoms with Gasteiger partial charge in [-0.15, -0.1) is 11.3 Å². The van der Waals surface area contributed by atoms with Crippen molar-refractivity contribution >= 4 is 17.3 Å². The zero-order valence-corrected chi connectivity index (χ0v) is 9.75. The number of aliphatic hydroxyl groups is 1. The van der Waals surface area contributed by atoms with Crippen molar-refractivity contribution in [2.24, 2.45) is 5.92 Å². The second-order valence-corrected chi connectivity index (χ2v) is 4.95. The number of hydrogen-bond acceptors (Lipinski definition) is 3. The average Bonchev–Trinajstić information content (AvgIpc) is 2.59. The molecule has 0 bridgehead atoms. The fourth-order valence-electron chi connectivity index (χ4n) is 1.54. The summed E-state index contributed by atoms with van der Waals surface area (Å²) in [5.74, 6) is -1.61. The van der Waals surface area contributed by atoms with E-state index in [0.717, 1.165) is 16.2 Å². The fourth-order valence-corrected chi connectivity index (χ4v) is 2.47. The minimum atomic E-state index is -0.921. The van der Waals surface area contributed by atoms with Gasteiger partial charge in [0.1, 0.15) is 6.10 Å². The summed E-state index contributed by atoms with van der Waals surface area (Å²) in [4.78, 5) is 12.8. The summed E-state index contributed by atoms with van der Waals surface area (Å²) in [5.41, 5.74) is 0. The van der Waals surface area contributed by atoms with Gasteiger partial charge in [0.25, 0.3) is 0 Å². The Hall–Kier alpha value is -0.870. The van der Waals surface area contributed by atoms with Crippen LogP contribution < -0.4 is 0 Å². The molecule has 4 heteroatoms. The molecule has 15 heavy (non-hydrogen) atoms. The Bertz CT molecular complexity index is 332. The predicted octanol–water partition coefficient (Wildman–Crippen LogP) is 2.59. The number of carbonyl (C=O) groups is 1. The van der Waals surface area contributed by atoms with Crippen LogP contribution in [0.3, 0.4) is 0 Å². The molecular formula is C11H16O3S. The smallest absolute Gasteiger partial charge is 0.309 e. The van der Waals surface area contributed by atoms with Crippen molar-refractivity contribution in [1.82, 2.24) is 0 Å². The number of aliphatic carboxylic acids is 1. The van der Waals surface area contributed by atoms with E-state index >= 15 is 0 Å². The Balaban J connectivity index is 2.80. The van der Waals surface area contributed by atoms with Crippen molar-refractivity contribution in [3.8, 4) is 0 Å². The number of carboxylic acid groups (broad SMARTS) is 1. The first kappa shape index (κ1) is 12.2. The van der Waals surface area contributed by atoms with E-state index in [1.54, 1.807) is 6.07 Å². The van der Waals surface area contributed by atoms with Crippen LogP contribution in [0.25, 0.3) is 0 Å². The summed E-state index contributed by atoms with van der Waals surface area (Å²) in [6, 6.07) is 3.70. The molecule has 2 unspecified atom stereocenters. The molecule has 3 nitrogen and oxygen atoms in total. The molecule has 0 aromatic carbocycles. The quantitative estimate of drug-likeness (QED) is 0.814. The molecule has 0 aliphatic carbocycles. The maximum atomic E-state index is 11.0. The Morgan fingerprint density at radius 2 is 2.20 bits per heavy atom. The molecule has 2 atom stereocenters. The van der Waals surface area contributed by atoms with Gasteiger partial charge in [0.2, 0.25) is 0 Å². The highest BCUT2D eigenvalue weighted by Gasteiger charge is 2.27. The number of rotatable bonds is 5. The normalized spacial score (nSPS) is 14.9. The molecule has 0 spiro atoms. The molecule has 1 aromatic rings. The SMILES string of the molecule is CCCC(C(=O)O)C(O)c1ccc(C)s1. The molecule has 0 radical (unpaired) electrons. The van der Waals surface area contributed by atoms with Gasteiger partial charge in [-0.2, -0.15) is 0 Å². The largest absolute Gasteiger partial charge is 0.481 e. The molecule has 1 heterocycles. The van der Waals surface area contributed by atoms with Gasteiger partial charge in [-0.25, -0.2) is 0 Å². The van der Waals surface area contributed by atoms with Gasteiger partial charge in [0, 0.05) is 9.75 Å². The van der Waals surface area contributed by atoms with Gasteiger partial charge >= 0.3 is 5.97 Å². The fraction of sp³-hybridized carbons (Fsp3) is 0.545. The molecule has 1 aromatic heterocycles. The molecule has 1 rings (SSSR count). The van der Waals surface area contributed by atoms with E-state index in [1.165, 1.54) is 11.3 Å². The van der Waals surface area contributed by atoms with Crippen LogP contribution in [-0.4, -0.2) is 16.2 Å². The Kier molecular flexibility index (Phi) is 4.29. The number of thiophene rings is 1. The van der Waals surface area contributed by atoms with Crippen molar-refractivity contribution < 1.29 is 15.0 Å². The lowest BCUT2D eigenvalue weighted by Crippen LogP contribution is -2.21. The van der Waals surface area contributed by atoms with E-state index < -0.39 is 18.0 Å². The van der Waals surface area contributed by atoms with E-state index in [4.69, 9.17) is 5.11 Å². The van der Waals surface area contributed by atoms with E-state index in [2.05, 4.69) is 0 Å². The summed E-state index contributed by atoms with van der Waals surface area (Å²) >= 11 is 1.45. The third kappa shape index (κ3) is 3.04. The van der Waals surface area contributed by atoms with Crippen LogP contribution in [0.15, 0.2) is 12.1 Å². The highest BCUT2D eigenvalue weighted by atomic mass is 32.1. The highest BCUT2D eigenvalue weighted by Crippen LogP contribution is 2.30. The van der Waals surface area contributed by atoms with Gasteiger partial charge in [-0.1, -0.05) is 13.3 Å². The van der Waals surface area contributed by atoms with E-state index in [9.17, 15) is 9.90 Å². The first-order valence-electron chi connectivity index (χ1n) is 5.03. The minimum Gasteiger partial charge on any atom is -0.481 e. The van der Waals surface area contributed by atoms with E-state index in [0.29, 0.717) is 6.42 Å². The minimum absolute atomic E-state index is 0.507. The summed E-state index contributed by atoms with van der Waals surface area (Å²) in [6.45, 7) is 3.86. The third-order valence-corrected chi connectivity index (χ3v) is 3.42. The van der Waals surface area contributed by atoms with Crippen LogP contribution in [0, 0.1) is 12.8 Å². The van der Waals surface area contributed by atoms with Crippen molar-refractivity contribution in [2.75, 3.05) is 0 Å². The summed E-state index contributed by atoms with van der Waals surface area (Å²) < 4.78 is 0. The molecule has 2 N–H and O–H groups in total. The van der Waals surface area contributed by atoms with Gasteiger partial charge in [0.15, 0.2) is 0 Å². The lowest BCUT2D eigenvalue weighted by Gasteiger charge is -2.16. The molecule has 0 aliphatic heterocycles. The molecule has 0 saturated heterocycles. The maximum absolute atomic E-state index is 11.0. The van der Waals surface area contributed by atoms with E-state index in [-0.39, 0.29) is 0 Å². The lowest BCUT2D eigenvalue weighted by molar-refractivity contribution is -0.146. The lowest BCUT2D eigenvalue weighted by atomic mass is 9.96. The Labute approximate surface area is 93.4 Å². The average molecular weight is 228 g/mol. The number of hydrogen-bond donors (Lipinski definition) is 2. The van der Waals surface area contributed by atoms with Crippen LogP contribution in [0.5, 0.6) is 0 Å². The molecule has 0 amide bonds. The van der Waals surface area contributed by atoms with Crippen molar-refractivity contribution in [2.45, 2.75) is 32.8 Å². The van der Waals surface area contributed by atoms with Crippen molar-refractivity contribution in [3.05, 3.63) is 21.9 Å². The van der Waals surface area contributed by atoms with Crippen LogP contribution in [0.1, 0.15) is 35.6 Å². The van der Waals surface area contributed by atoms with Crippen LogP contribution in [-0.2, 0) is 4.79 Å². The second kappa shape index (κ2) is 5.28. The first-order chi connectivity index (χ1) is 7.06. The molecular weight excluding hydrogens is 212 g/mol. The molecule has 0 fully saturated rings. The van der Waals surface area contributed by atoms with Crippen LogP contribution in [0.2, 0.25) is 0 Å². The van der Waals surface area contributed by atoms with Gasteiger partial charge in [0.05, 0.1) is 5.92 Å². The van der Waals surface area contributed by atoms with Crippen molar-refractivity contribution in [3.63, 3.8) is 0 Å². The van der Waals surface area contributed by atoms with Gasteiger partial charge < -0.3 is 10.2 Å². The molecule has 0 aliphatic rings. The van der Waals surface area contributed by atoms with E-state index in [1.807, 2.05) is 19.9 Å². The monoisotopic (exact) mass is 228 g/mol. The standard InChI is InChI=1S/C11H16O3S/c1-3-4-8(11(13)14)10(12)9-6-5-7(2)15-9/h5-6,8,10,12H,3-4H2,1-2H3,(H,13,14). The predicted molar refractivity (Wildman–Crippen MR) is 60.0 cm³/mol. The van der Waals surface area contributed by atoms with Gasteiger partial charge in [-0.3, -0.25) is 4.79 Å². The first-order valence-corrected chi connectivity index (χ1v) is 5.85. The second-order valence-electron chi connectivity index (χ2n) is 3.63. The van der Waals surface area contributed by atoms with Crippen LogP contribution >= 0.6 is 11.3 Å². The number of aryl methyl sites for hydroxylation is 1. The van der Waals surface area contributed by atoms with Crippen LogP contribution in [0.4, 0.5) is 0 Å². The summed E-state index contributed by atoms with van der Waals surface area (Å²) in [7, 11) is 0. The van der Waals surface area contributed by atoms with Gasteiger partial charge in [-0.05, 0) is 25.5 Å². The third-order valence-electron chi connectivity index (χ3n) is 2.35.